The maximum absolute atomic E-state index is 11.9. The maximum atomic E-state index is 11.9. The second-order valence-corrected chi connectivity index (χ2v) is 7.87. The number of carbonyl (C=O) groups excluding carboxylic acids is 1. The number of carbonyl (C=O) groups is 1. The van der Waals surface area contributed by atoms with Crippen molar-refractivity contribution < 1.29 is 13.2 Å². The van der Waals surface area contributed by atoms with E-state index in [2.05, 4.69) is 30.8 Å². The molecule has 1 heterocycles. The fourth-order valence-corrected chi connectivity index (χ4v) is 4.18. The molecule has 2 aromatic rings. The van der Waals surface area contributed by atoms with E-state index in [4.69, 9.17) is 10.7 Å². The van der Waals surface area contributed by atoms with Crippen molar-refractivity contribution in [1.29, 1.82) is 0 Å². The first-order valence-electron chi connectivity index (χ1n) is 5.13. The molecule has 106 valence electrons. The van der Waals surface area contributed by atoms with Gasteiger partial charge in [0.05, 0.1) is 10.6 Å². The third kappa shape index (κ3) is 3.35. The van der Waals surface area contributed by atoms with Crippen molar-refractivity contribution in [3.63, 3.8) is 0 Å². The lowest BCUT2D eigenvalue weighted by Gasteiger charge is -2.06. The highest BCUT2D eigenvalue weighted by Crippen LogP contribution is 2.28. The average molecular weight is 397 g/mol. The van der Waals surface area contributed by atoms with E-state index in [1.54, 1.807) is 6.92 Å². The van der Waals surface area contributed by atoms with Crippen molar-refractivity contribution in [2.45, 2.75) is 11.8 Å². The SMILES string of the molecule is Cc1nnsc1C(=O)Nc1ccc(S(=O)(=O)Cl)c(Br)c1. The van der Waals surface area contributed by atoms with E-state index in [-0.39, 0.29) is 15.3 Å². The fourth-order valence-electron chi connectivity index (χ4n) is 1.40. The lowest BCUT2D eigenvalue weighted by Crippen LogP contribution is -2.11. The molecule has 1 aromatic carbocycles. The number of anilines is 1. The minimum Gasteiger partial charge on any atom is -0.321 e. The highest BCUT2D eigenvalue weighted by molar-refractivity contribution is 9.10. The van der Waals surface area contributed by atoms with Gasteiger partial charge in [0.1, 0.15) is 4.88 Å². The summed E-state index contributed by atoms with van der Waals surface area (Å²) in [5.41, 5.74) is 0.963. The molecule has 0 saturated heterocycles. The van der Waals surface area contributed by atoms with Gasteiger partial charge in [0.15, 0.2) is 0 Å². The van der Waals surface area contributed by atoms with E-state index in [9.17, 15) is 13.2 Å². The molecule has 10 heteroatoms. The van der Waals surface area contributed by atoms with Gasteiger partial charge in [0.25, 0.3) is 15.0 Å². The number of halogens is 2. The molecule has 0 unspecified atom stereocenters. The van der Waals surface area contributed by atoms with Gasteiger partial charge in [-0.25, -0.2) is 8.42 Å². The van der Waals surface area contributed by atoms with Gasteiger partial charge in [0, 0.05) is 20.8 Å². The molecule has 0 spiro atoms. The van der Waals surface area contributed by atoms with Crippen LogP contribution < -0.4 is 5.32 Å². The summed E-state index contributed by atoms with van der Waals surface area (Å²) in [5.74, 6) is -0.356. The van der Waals surface area contributed by atoms with Crippen LogP contribution >= 0.6 is 38.1 Å². The minimum atomic E-state index is -3.83. The van der Waals surface area contributed by atoms with E-state index in [1.165, 1.54) is 18.2 Å². The van der Waals surface area contributed by atoms with E-state index in [0.717, 1.165) is 11.5 Å². The number of nitrogens with zero attached hydrogens (tertiary/aromatic N) is 2. The molecule has 6 nitrogen and oxygen atoms in total. The number of hydrogen-bond donors (Lipinski definition) is 1. The van der Waals surface area contributed by atoms with Crippen molar-refractivity contribution in [3.05, 3.63) is 33.2 Å². The smallest absolute Gasteiger partial charge is 0.269 e. The zero-order valence-corrected chi connectivity index (χ0v) is 13.9. The first-order valence-corrected chi connectivity index (χ1v) is 9.01. The summed E-state index contributed by atoms with van der Waals surface area (Å²) in [7, 11) is 1.43. The Bertz CT molecular complexity index is 776. The van der Waals surface area contributed by atoms with E-state index < -0.39 is 9.05 Å². The number of nitrogens with one attached hydrogen (secondary N) is 1. The molecule has 0 aliphatic rings. The number of aryl methyl sites for hydroxylation is 1. The zero-order valence-electron chi connectivity index (χ0n) is 9.92. The number of hydrogen-bond acceptors (Lipinski definition) is 6. The molecule has 0 atom stereocenters. The molecule has 0 saturated carbocycles. The van der Waals surface area contributed by atoms with Crippen molar-refractivity contribution in [2.75, 3.05) is 5.32 Å². The topological polar surface area (TPSA) is 89.0 Å². The highest BCUT2D eigenvalue weighted by atomic mass is 79.9. The van der Waals surface area contributed by atoms with E-state index >= 15 is 0 Å². The van der Waals surface area contributed by atoms with Gasteiger partial charge >= 0.3 is 0 Å². The van der Waals surface area contributed by atoms with Crippen LogP contribution in [0.4, 0.5) is 5.69 Å². The molecular formula is C10H7BrClN3O3S2. The third-order valence-electron chi connectivity index (χ3n) is 2.31. The Morgan fingerprint density at radius 1 is 1.45 bits per heavy atom. The molecule has 0 radical (unpaired) electrons. The van der Waals surface area contributed by atoms with Crippen LogP contribution in [0.1, 0.15) is 15.4 Å². The van der Waals surface area contributed by atoms with Crippen molar-refractivity contribution in [2.24, 2.45) is 0 Å². The van der Waals surface area contributed by atoms with Crippen LogP contribution in [-0.4, -0.2) is 23.9 Å². The predicted molar refractivity (Wildman–Crippen MR) is 79.8 cm³/mol. The standard InChI is InChI=1S/C10H7BrClN3O3S2/c1-5-9(19-15-14-5)10(16)13-6-2-3-8(7(11)4-6)20(12,17)18/h2-4H,1H3,(H,13,16). The van der Waals surface area contributed by atoms with E-state index in [1.807, 2.05) is 0 Å². The number of aromatic nitrogens is 2. The molecule has 0 bridgehead atoms. The molecule has 20 heavy (non-hydrogen) atoms. The molecule has 1 N–H and O–H groups in total. The van der Waals surface area contributed by atoms with Crippen LogP contribution in [0.3, 0.4) is 0 Å². The molecule has 0 fully saturated rings. The summed E-state index contributed by atoms with van der Waals surface area (Å²) in [6, 6.07) is 4.21. The maximum Gasteiger partial charge on any atom is 0.269 e. The summed E-state index contributed by atoms with van der Waals surface area (Å²) < 4.78 is 26.4. The molecule has 2 rings (SSSR count). The lowest BCUT2D eigenvalue weighted by molar-refractivity contribution is 0.103. The Morgan fingerprint density at radius 2 is 2.15 bits per heavy atom. The first-order chi connectivity index (χ1) is 9.29. The van der Waals surface area contributed by atoms with E-state index in [0.29, 0.717) is 16.3 Å². The fraction of sp³-hybridized carbons (Fsp3) is 0.100. The highest BCUT2D eigenvalue weighted by Gasteiger charge is 2.17. The van der Waals surface area contributed by atoms with Crippen molar-refractivity contribution in [1.82, 2.24) is 9.59 Å². The quantitative estimate of drug-likeness (QED) is 0.806. The molecule has 0 aliphatic heterocycles. The Kier molecular flexibility index (Phi) is 4.43. The first kappa shape index (κ1) is 15.4. The van der Waals surface area contributed by atoms with Gasteiger partial charge in [-0.3, -0.25) is 4.79 Å². The number of rotatable bonds is 3. The van der Waals surface area contributed by atoms with Crippen LogP contribution in [0, 0.1) is 6.92 Å². The summed E-state index contributed by atoms with van der Waals surface area (Å²) in [6.07, 6.45) is 0. The van der Waals surface area contributed by atoms with Crippen LogP contribution in [0.2, 0.25) is 0 Å². The third-order valence-corrected chi connectivity index (χ3v) is 5.44. The largest absolute Gasteiger partial charge is 0.321 e. The summed E-state index contributed by atoms with van der Waals surface area (Å²) >= 11 is 4.09. The normalized spacial score (nSPS) is 11.3. The zero-order chi connectivity index (χ0) is 14.9. The van der Waals surface area contributed by atoms with Gasteiger partial charge < -0.3 is 5.32 Å². The molecule has 1 aromatic heterocycles. The van der Waals surface area contributed by atoms with Crippen molar-refractivity contribution in [3.8, 4) is 0 Å². The van der Waals surface area contributed by atoms with Crippen LogP contribution in [0.25, 0.3) is 0 Å². The second kappa shape index (κ2) is 5.76. The van der Waals surface area contributed by atoms with Crippen LogP contribution in [-0.2, 0) is 9.05 Å². The van der Waals surface area contributed by atoms with Gasteiger partial charge in [0.2, 0.25) is 0 Å². The van der Waals surface area contributed by atoms with Gasteiger partial charge in [-0.05, 0) is 52.6 Å². The summed E-state index contributed by atoms with van der Waals surface area (Å²) in [6.45, 7) is 1.68. The Hall–Kier alpha value is -1.03. The molecule has 0 aliphatic carbocycles. The monoisotopic (exact) mass is 395 g/mol. The number of benzene rings is 1. The van der Waals surface area contributed by atoms with Gasteiger partial charge in [-0.1, -0.05) is 4.49 Å². The minimum absolute atomic E-state index is 0.0622. The average Bonchev–Trinajstić information content (AvgIpc) is 2.73. The Balaban J connectivity index is 2.26. The van der Waals surface area contributed by atoms with Crippen LogP contribution in [0.15, 0.2) is 27.6 Å². The summed E-state index contributed by atoms with van der Waals surface area (Å²) in [4.78, 5) is 12.3. The van der Waals surface area contributed by atoms with Crippen LogP contribution in [0.5, 0.6) is 0 Å². The van der Waals surface area contributed by atoms with Crippen molar-refractivity contribution >= 4 is 58.8 Å². The Morgan fingerprint density at radius 3 is 2.65 bits per heavy atom. The Labute approximate surface area is 131 Å². The molecule has 1 amide bonds. The van der Waals surface area contributed by atoms with Gasteiger partial charge in [-0.15, -0.1) is 5.10 Å². The lowest BCUT2D eigenvalue weighted by atomic mass is 10.3. The predicted octanol–water partition coefficient (Wildman–Crippen LogP) is 2.79. The second-order valence-electron chi connectivity index (χ2n) is 3.72. The summed E-state index contributed by atoms with van der Waals surface area (Å²) in [5, 5.41) is 6.37. The number of amides is 1. The van der Waals surface area contributed by atoms with Gasteiger partial charge in [-0.2, -0.15) is 0 Å². The molecular weight excluding hydrogens is 390 g/mol.